The number of nitrogens with one attached hydrogen (secondary N) is 2. The second-order valence-electron chi connectivity index (χ2n) is 19.2. The van der Waals surface area contributed by atoms with Crippen LogP contribution in [0.4, 0.5) is 0 Å². The summed E-state index contributed by atoms with van der Waals surface area (Å²) < 4.78 is 55.8. The van der Waals surface area contributed by atoms with Crippen molar-refractivity contribution in [2.45, 2.75) is 120 Å². The van der Waals surface area contributed by atoms with Crippen LogP contribution in [0.25, 0.3) is 0 Å². The number of nitrogens with zero attached hydrogens (tertiary/aromatic N) is 2. The molecule has 0 radical (unpaired) electrons. The zero-order valence-corrected chi connectivity index (χ0v) is 42.6. The maximum absolute atomic E-state index is 13.5. The minimum absolute atomic E-state index is 0.0471. The zero-order chi connectivity index (χ0) is 48.8. The Morgan fingerprint density at radius 2 is 1.26 bits per heavy atom. The Kier molecular flexibility index (Phi) is 14.4. The first-order valence-electron chi connectivity index (χ1n) is 22.8. The molecule has 68 heavy (non-hydrogen) atoms. The van der Waals surface area contributed by atoms with Crippen LogP contribution in [0.3, 0.4) is 0 Å². The van der Waals surface area contributed by atoms with Gasteiger partial charge >= 0.3 is 11.4 Å². The van der Waals surface area contributed by atoms with Crippen molar-refractivity contribution in [2.24, 2.45) is 0 Å². The molecule has 1 unspecified atom stereocenters. The number of aryl methyl sites for hydroxylation is 2. The van der Waals surface area contributed by atoms with E-state index in [-0.39, 0.29) is 24.7 Å². The molecule has 364 valence electrons. The van der Waals surface area contributed by atoms with Crippen molar-refractivity contribution in [3.05, 3.63) is 161 Å². The van der Waals surface area contributed by atoms with Crippen LogP contribution < -0.4 is 32.0 Å². The van der Waals surface area contributed by atoms with E-state index in [1.54, 1.807) is 28.1 Å². The molecule has 3 aliphatic rings. The SMILES string of the molecule is COc1ccc(C(OC[C@H]2O[C@@H](n3cc(C)c(=O)[nH]c3=O)C[C@@H]2[P+]2([S-])OCC[C@@H]([C@H]3O[C@@H](n4cc(C)c(=O)[nH]c4=O)C[C@@H]3O[Si](C)(C)C(C)(C)C)O2)(c2ccccc2)c2ccc(OC)cc2)cc1. The summed E-state index contributed by atoms with van der Waals surface area (Å²) in [6, 6.07) is 25.3. The number of H-pyrrole nitrogens is 2. The summed E-state index contributed by atoms with van der Waals surface area (Å²) in [5, 5.41) is -0.152. The summed E-state index contributed by atoms with van der Waals surface area (Å²) >= 11 is 6.59. The van der Waals surface area contributed by atoms with E-state index in [0.717, 1.165) is 16.7 Å². The van der Waals surface area contributed by atoms with Gasteiger partial charge in [-0.3, -0.25) is 28.7 Å². The molecule has 0 amide bonds. The topological polar surface area (TPSA) is 184 Å². The van der Waals surface area contributed by atoms with Crippen LogP contribution in [0.2, 0.25) is 18.1 Å². The number of aromatic amines is 2. The fraction of sp³-hybridized carbons (Fsp3) is 0.469. The van der Waals surface area contributed by atoms with E-state index in [9.17, 15) is 19.2 Å². The molecule has 5 aromatic rings. The highest BCUT2D eigenvalue weighted by atomic mass is 32.7. The third-order valence-corrected chi connectivity index (χ3v) is 22.2. The van der Waals surface area contributed by atoms with Crippen molar-refractivity contribution < 1.29 is 37.2 Å². The molecule has 3 saturated heterocycles. The molecule has 0 saturated carbocycles. The number of ether oxygens (including phenoxy) is 5. The van der Waals surface area contributed by atoms with Gasteiger partial charge in [0.05, 0.1) is 33.5 Å². The summed E-state index contributed by atoms with van der Waals surface area (Å²) in [5.41, 5.74) is -0.897. The number of rotatable bonds is 14. The minimum Gasteiger partial charge on any atom is -0.497 e. The smallest absolute Gasteiger partial charge is 0.330 e. The van der Waals surface area contributed by atoms with Crippen molar-refractivity contribution >= 4 is 27.5 Å². The van der Waals surface area contributed by atoms with Gasteiger partial charge in [0.15, 0.2) is 15.2 Å². The van der Waals surface area contributed by atoms with Crippen LogP contribution in [0.5, 0.6) is 11.5 Å². The molecule has 19 heteroatoms. The van der Waals surface area contributed by atoms with E-state index in [2.05, 4.69) is 43.8 Å². The zero-order valence-electron chi connectivity index (χ0n) is 39.9. The van der Waals surface area contributed by atoms with Crippen LogP contribution in [0.15, 0.2) is 110 Å². The Bertz CT molecular complexity index is 2770. The fourth-order valence-corrected chi connectivity index (χ4v) is 14.0. The molecular weight excluding hydrogens is 928 g/mol. The molecule has 0 spiro atoms. The van der Waals surface area contributed by atoms with E-state index < -0.39 is 85.9 Å². The molecule has 3 aliphatic heterocycles. The molecule has 16 nitrogen and oxygen atoms in total. The fourth-order valence-electron chi connectivity index (χ4n) is 9.05. The average molecular weight is 989 g/mol. The summed E-state index contributed by atoms with van der Waals surface area (Å²) in [6.07, 6.45) is -0.317. The molecule has 8 atom stereocenters. The molecule has 2 aromatic heterocycles. The van der Waals surface area contributed by atoms with Crippen molar-refractivity contribution in [3.8, 4) is 11.5 Å². The second-order valence-corrected chi connectivity index (χ2v) is 27.7. The molecule has 0 bridgehead atoms. The molecule has 3 aromatic carbocycles. The van der Waals surface area contributed by atoms with Gasteiger partial charge < -0.3 is 40.4 Å². The van der Waals surface area contributed by atoms with E-state index in [4.69, 9.17) is 49.4 Å². The number of methoxy groups -OCH3 is 2. The highest BCUT2D eigenvalue weighted by molar-refractivity contribution is 8.38. The lowest BCUT2D eigenvalue weighted by atomic mass is 9.80. The van der Waals surface area contributed by atoms with Crippen LogP contribution in [-0.4, -0.2) is 84.9 Å². The van der Waals surface area contributed by atoms with Gasteiger partial charge in [-0.2, -0.15) is 0 Å². The Labute approximate surface area is 402 Å². The molecule has 8 rings (SSSR count). The third-order valence-electron chi connectivity index (χ3n) is 13.8. The number of hydrogen-bond donors (Lipinski definition) is 2. The van der Waals surface area contributed by atoms with Crippen LogP contribution in [-0.2, 0) is 45.5 Å². The standard InChI is InChI=1S/C49H61N4O12PSSi/c1-30-27-52(46(56)50-44(30)54)41-25-38(65-68(8,9)48(3,4)5)43(63-41)37-23-24-61-66(67,64-37)40-26-42(53-28-31(2)45(55)51-47(53)57)62-39(40)29-60-49(32-13-11-10-12-14-32,33-15-19-35(58-6)20-16-33)34-17-21-36(59-7)22-18-34/h10-22,27-28,37-43H,23-26,29H2,1-9H3,(H,50,54,56)(H,51,55,57)/t37-,38-,39+,40-,41+,42+,43+,66?/m0/s1. The molecule has 5 heterocycles. The minimum atomic E-state index is -3.40. The van der Waals surface area contributed by atoms with Crippen molar-refractivity contribution in [1.82, 2.24) is 19.1 Å². The van der Waals surface area contributed by atoms with Crippen LogP contribution in [0.1, 0.15) is 80.3 Å². The average Bonchev–Trinajstić information content (AvgIpc) is 3.94. The lowest BCUT2D eigenvalue weighted by Gasteiger charge is -2.45. The highest BCUT2D eigenvalue weighted by Crippen LogP contribution is 2.71. The molecule has 0 aliphatic carbocycles. The van der Waals surface area contributed by atoms with Crippen LogP contribution in [0, 0.1) is 13.8 Å². The van der Waals surface area contributed by atoms with Gasteiger partial charge in [-0.05, 0) is 72.9 Å². The van der Waals surface area contributed by atoms with Gasteiger partial charge in [0.2, 0.25) is 0 Å². The number of hydrogen-bond acceptors (Lipinski definition) is 13. The number of benzene rings is 3. The highest BCUT2D eigenvalue weighted by Gasteiger charge is 2.58. The maximum Gasteiger partial charge on any atom is 0.330 e. The van der Waals surface area contributed by atoms with Crippen molar-refractivity contribution in [3.63, 3.8) is 0 Å². The van der Waals surface area contributed by atoms with Crippen molar-refractivity contribution in [1.29, 1.82) is 0 Å². The summed E-state index contributed by atoms with van der Waals surface area (Å²) in [7, 11) is 0.796. The van der Waals surface area contributed by atoms with Gasteiger partial charge in [-0.25, -0.2) is 18.6 Å². The van der Waals surface area contributed by atoms with E-state index in [1.165, 1.54) is 21.5 Å². The summed E-state index contributed by atoms with van der Waals surface area (Å²) in [5.74, 6) is 1.34. The Morgan fingerprint density at radius 1 is 0.750 bits per heavy atom. The number of aromatic nitrogens is 4. The second kappa shape index (κ2) is 19.6. The van der Waals surface area contributed by atoms with Gasteiger partial charge in [0.1, 0.15) is 53.5 Å². The predicted octanol–water partition coefficient (Wildman–Crippen LogP) is 7.18. The lowest BCUT2D eigenvalue weighted by molar-refractivity contribution is -0.0905. The Balaban J connectivity index is 1.19. The summed E-state index contributed by atoms with van der Waals surface area (Å²) in [6.45, 7) is 10.9. The normalized spacial score (nSPS) is 25.6. The third kappa shape index (κ3) is 9.76. The van der Waals surface area contributed by atoms with E-state index in [1.807, 2.05) is 78.9 Å². The molecular formula is C49H61N4O12PSSi. The summed E-state index contributed by atoms with van der Waals surface area (Å²) in [4.78, 5) is 56.6. The molecule has 2 N–H and O–H groups in total. The predicted molar refractivity (Wildman–Crippen MR) is 263 cm³/mol. The quantitative estimate of drug-likeness (QED) is 0.0495. The van der Waals surface area contributed by atoms with E-state index in [0.29, 0.717) is 35.5 Å². The van der Waals surface area contributed by atoms with Crippen LogP contribution >= 0.6 is 6.92 Å². The first-order chi connectivity index (χ1) is 32.3. The first-order valence-corrected chi connectivity index (χ1v) is 28.4. The van der Waals surface area contributed by atoms with Gasteiger partial charge in [0.25, 0.3) is 11.1 Å². The monoisotopic (exact) mass is 988 g/mol. The molecule has 3 fully saturated rings. The maximum atomic E-state index is 13.5. The van der Waals surface area contributed by atoms with Gasteiger partial charge in [-0.15, -0.1) is 0 Å². The van der Waals surface area contributed by atoms with Crippen molar-refractivity contribution in [2.75, 3.05) is 27.4 Å². The van der Waals surface area contributed by atoms with E-state index >= 15 is 0 Å². The Morgan fingerprint density at radius 3 is 1.78 bits per heavy atom. The Hall–Kier alpha value is -4.62. The first kappa shape index (κ1) is 49.8. The van der Waals surface area contributed by atoms with Gasteiger partial charge in [-0.1, -0.05) is 75.4 Å². The largest absolute Gasteiger partial charge is 0.497 e. The van der Waals surface area contributed by atoms with Gasteiger partial charge in [0, 0.05) is 42.8 Å². The lowest BCUT2D eigenvalue weighted by Crippen LogP contribution is -2.49.